The third-order valence-electron chi connectivity index (χ3n) is 4.46. The number of halogens is 2. The number of fused-ring (bicyclic) bond motifs is 1. The van der Waals surface area contributed by atoms with E-state index in [0.717, 1.165) is 18.7 Å². The normalized spacial score (nSPS) is 16.8. The first-order valence-corrected chi connectivity index (χ1v) is 8.07. The molecule has 4 nitrogen and oxygen atoms in total. The van der Waals surface area contributed by atoms with Crippen LogP contribution in [0.1, 0.15) is 40.0 Å². The topological polar surface area (TPSA) is 62.2 Å². The largest absolute Gasteiger partial charge is 0.391 e. The number of nitrogens with one attached hydrogen (secondary N) is 1. The van der Waals surface area contributed by atoms with Gasteiger partial charge in [0.05, 0.1) is 6.10 Å². The molecule has 0 unspecified atom stereocenters. The highest BCUT2D eigenvalue weighted by molar-refractivity contribution is 5.96. The predicted octanol–water partition coefficient (Wildman–Crippen LogP) is 3.27. The Morgan fingerprint density at radius 2 is 2.00 bits per heavy atom. The maximum absolute atomic E-state index is 12.2. The van der Waals surface area contributed by atoms with E-state index < -0.39 is 6.10 Å². The van der Waals surface area contributed by atoms with Crippen molar-refractivity contribution in [1.29, 1.82) is 0 Å². The van der Waals surface area contributed by atoms with Crippen LogP contribution in [-0.2, 0) is 13.0 Å². The van der Waals surface area contributed by atoms with Crippen molar-refractivity contribution in [1.82, 2.24) is 10.3 Å². The molecule has 2 atom stereocenters. The number of aromatic nitrogens is 1. The smallest absolute Gasteiger partial charge is 0.163 e. The van der Waals surface area contributed by atoms with Gasteiger partial charge >= 0.3 is 0 Å². The SMILES string of the molecule is Cc1cc(C(=O)CC[C@@H](O)[C@@H]2Cc3ccccc3CN2)ccn1.Cl.Cl. The molecule has 2 N–H and O–H groups in total. The first-order valence-electron chi connectivity index (χ1n) is 8.07. The summed E-state index contributed by atoms with van der Waals surface area (Å²) in [6, 6.07) is 11.8. The van der Waals surface area contributed by atoms with E-state index in [2.05, 4.69) is 22.4 Å². The van der Waals surface area contributed by atoms with E-state index in [0.29, 0.717) is 18.4 Å². The summed E-state index contributed by atoms with van der Waals surface area (Å²) < 4.78 is 0. The van der Waals surface area contributed by atoms with E-state index in [9.17, 15) is 9.90 Å². The molecule has 0 spiro atoms. The second kappa shape index (κ2) is 9.88. The summed E-state index contributed by atoms with van der Waals surface area (Å²) >= 11 is 0. The Labute approximate surface area is 160 Å². The van der Waals surface area contributed by atoms with Crippen molar-refractivity contribution in [2.75, 3.05) is 0 Å². The van der Waals surface area contributed by atoms with E-state index >= 15 is 0 Å². The lowest BCUT2D eigenvalue weighted by atomic mass is 9.91. The highest BCUT2D eigenvalue weighted by Crippen LogP contribution is 2.20. The fourth-order valence-corrected chi connectivity index (χ4v) is 3.09. The van der Waals surface area contributed by atoms with E-state index in [1.54, 1.807) is 18.3 Å². The highest BCUT2D eigenvalue weighted by atomic mass is 35.5. The maximum Gasteiger partial charge on any atom is 0.163 e. The van der Waals surface area contributed by atoms with Gasteiger partial charge in [-0.05, 0) is 43.0 Å². The Hall–Kier alpha value is -1.46. The molecule has 2 heterocycles. The molecule has 0 saturated carbocycles. The van der Waals surface area contributed by atoms with Crippen molar-refractivity contribution in [3.8, 4) is 0 Å². The van der Waals surface area contributed by atoms with Crippen molar-refractivity contribution in [3.63, 3.8) is 0 Å². The molecular formula is C19H24Cl2N2O2. The van der Waals surface area contributed by atoms with Gasteiger partial charge in [0.2, 0.25) is 0 Å². The fourth-order valence-electron chi connectivity index (χ4n) is 3.09. The quantitative estimate of drug-likeness (QED) is 0.778. The molecule has 2 aromatic rings. The highest BCUT2D eigenvalue weighted by Gasteiger charge is 2.24. The second-order valence-electron chi connectivity index (χ2n) is 6.18. The van der Waals surface area contributed by atoms with E-state index in [1.807, 2.05) is 19.1 Å². The molecule has 0 amide bonds. The zero-order valence-electron chi connectivity index (χ0n) is 14.1. The molecule has 25 heavy (non-hydrogen) atoms. The van der Waals surface area contributed by atoms with Gasteiger partial charge in [0, 0.05) is 36.5 Å². The fraction of sp³-hybridized carbons (Fsp3) is 0.368. The van der Waals surface area contributed by atoms with Crippen LogP contribution in [0.15, 0.2) is 42.6 Å². The van der Waals surface area contributed by atoms with E-state index in [4.69, 9.17) is 0 Å². The minimum Gasteiger partial charge on any atom is -0.391 e. The summed E-state index contributed by atoms with van der Waals surface area (Å²) in [5.41, 5.74) is 4.08. The van der Waals surface area contributed by atoms with Crippen LogP contribution >= 0.6 is 24.8 Å². The summed E-state index contributed by atoms with van der Waals surface area (Å²) in [6.07, 6.45) is 2.76. The van der Waals surface area contributed by atoms with E-state index in [-0.39, 0.29) is 36.6 Å². The van der Waals surface area contributed by atoms with Crippen LogP contribution in [0, 0.1) is 6.92 Å². The zero-order valence-corrected chi connectivity index (χ0v) is 15.8. The molecule has 136 valence electrons. The molecule has 1 aromatic carbocycles. The molecule has 0 saturated heterocycles. The van der Waals surface area contributed by atoms with Gasteiger partial charge in [-0.1, -0.05) is 24.3 Å². The third kappa shape index (κ3) is 5.51. The van der Waals surface area contributed by atoms with Gasteiger partial charge < -0.3 is 10.4 Å². The standard InChI is InChI=1S/C19H22N2O2.2ClH/c1-13-10-15(8-9-20-13)18(22)6-7-19(23)17-11-14-4-2-3-5-16(14)12-21-17;;/h2-5,8-10,17,19,21,23H,6-7,11-12H2,1H3;2*1H/t17-,19+;;/m0../s1. The van der Waals surface area contributed by atoms with Crippen molar-refractivity contribution in [2.24, 2.45) is 0 Å². The van der Waals surface area contributed by atoms with Gasteiger partial charge in [-0.15, -0.1) is 24.8 Å². The number of hydrogen-bond acceptors (Lipinski definition) is 4. The molecular weight excluding hydrogens is 359 g/mol. The van der Waals surface area contributed by atoms with Crippen molar-refractivity contribution < 1.29 is 9.90 Å². The second-order valence-corrected chi connectivity index (χ2v) is 6.18. The molecule has 1 aromatic heterocycles. The average molecular weight is 383 g/mol. The lowest BCUT2D eigenvalue weighted by Gasteiger charge is -2.29. The number of rotatable bonds is 5. The van der Waals surface area contributed by atoms with Crippen molar-refractivity contribution in [2.45, 2.75) is 44.9 Å². The van der Waals surface area contributed by atoms with Gasteiger partial charge in [0.25, 0.3) is 0 Å². The first-order chi connectivity index (χ1) is 11.1. The van der Waals surface area contributed by atoms with Gasteiger partial charge in [0.15, 0.2) is 5.78 Å². The van der Waals surface area contributed by atoms with Crippen LogP contribution in [0.3, 0.4) is 0 Å². The molecule has 6 heteroatoms. The molecule has 1 aliphatic rings. The maximum atomic E-state index is 12.2. The van der Waals surface area contributed by atoms with Crippen molar-refractivity contribution in [3.05, 3.63) is 65.0 Å². The first kappa shape index (κ1) is 21.6. The molecule has 1 aliphatic heterocycles. The van der Waals surface area contributed by atoms with Gasteiger partial charge in [-0.2, -0.15) is 0 Å². The summed E-state index contributed by atoms with van der Waals surface area (Å²) in [4.78, 5) is 16.3. The van der Waals surface area contributed by atoms with Gasteiger partial charge in [0.1, 0.15) is 0 Å². The van der Waals surface area contributed by atoms with Crippen LogP contribution in [0.2, 0.25) is 0 Å². The molecule has 3 rings (SSSR count). The number of hydrogen-bond donors (Lipinski definition) is 2. The van der Waals surface area contributed by atoms with Gasteiger partial charge in [-0.3, -0.25) is 9.78 Å². The number of aliphatic hydroxyl groups is 1. The molecule has 0 radical (unpaired) electrons. The number of ketones is 1. The molecule has 0 aliphatic carbocycles. The Kier molecular flexibility index (Phi) is 8.53. The number of carbonyl (C=O) groups excluding carboxylic acids is 1. The number of Topliss-reactive ketones (excluding diaryl/α,β-unsaturated/α-hetero) is 1. The Morgan fingerprint density at radius 3 is 2.72 bits per heavy atom. The lowest BCUT2D eigenvalue weighted by molar-refractivity contribution is 0.0877. The number of aliphatic hydroxyl groups excluding tert-OH is 1. The Balaban J connectivity index is 0.00000156. The summed E-state index contributed by atoms with van der Waals surface area (Å²) in [5.74, 6) is 0.0609. The lowest BCUT2D eigenvalue weighted by Crippen LogP contribution is -2.44. The summed E-state index contributed by atoms with van der Waals surface area (Å²) in [6.45, 7) is 2.64. The Morgan fingerprint density at radius 1 is 1.28 bits per heavy atom. The third-order valence-corrected chi connectivity index (χ3v) is 4.46. The summed E-state index contributed by atoms with van der Waals surface area (Å²) in [7, 11) is 0. The number of benzene rings is 1. The molecule has 0 fully saturated rings. The number of pyridine rings is 1. The number of aryl methyl sites for hydroxylation is 1. The van der Waals surface area contributed by atoms with Crippen molar-refractivity contribution >= 4 is 30.6 Å². The van der Waals surface area contributed by atoms with E-state index in [1.165, 1.54) is 11.1 Å². The number of nitrogens with zero attached hydrogens (tertiary/aromatic N) is 1. The Bertz CT molecular complexity index is 709. The predicted molar refractivity (Wildman–Crippen MR) is 104 cm³/mol. The monoisotopic (exact) mass is 382 g/mol. The van der Waals surface area contributed by atoms with Crippen LogP contribution in [0.5, 0.6) is 0 Å². The minimum absolute atomic E-state index is 0. The molecule has 0 bridgehead atoms. The zero-order chi connectivity index (χ0) is 16.2. The van der Waals surface area contributed by atoms with Crippen LogP contribution < -0.4 is 5.32 Å². The summed E-state index contributed by atoms with van der Waals surface area (Å²) in [5, 5.41) is 13.8. The van der Waals surface area contributed by atoms with Crippen LogP contribution in [0.25, 0.3) is 0 Å². The number of carbonyl (C=O) groups is 1. The van der Waals surface area contributed by atoms with Crippen LogP contribution in [0.4, 0.5) is 0 Å². The van der Waals surface area contributed by atoms with Gasteiger partial charge in [-0.25, -0.2) is 0 Å². The minimum atomic E-state index is -0.518. The average Bonchev–Trinajstić information content (AvgIpc) is 2.59. The van der Waals surface area contributed by atoms with Crippen LogP contribution in [-0.4, -0.2) is 28.0 Å².